The minimum Gasteiger partial charge on any atom is -0.466 e. The fourth-order valence-corrected chi connectivity index (χ4v) is 3.37. The number of amides is 1. The van der Waals surface area contributed by atoms with Crippen molar-refractivity contribution in [2.24, 2.45) is 10.7 Å². The standard InChI is InChI=1S/C26H31N5O4/c1-3-35-26(33)18-25(32)30-22-6-4-20(5-7-22)24(27)12-13-28-19(2)29-21-8-10-23(11-9-21)31-14-16-34-17-15-31/h4-13,29H,2-3,14-18,27H2,1H3,(H,30,32)/b24-12-,28-13-. The van der Waals surface area contributed by atoms with Gasteiger partial charge in [-0.2, -0.15) is 0 Å². The Morgan fingerprint density at radius 3 is 2.37 bits per heavy atom. The van der Waals surface area contributed by atoms with Crippen LogP contribution in [0.15, 0.2) is 72.0 Å². The van der Waals surface area contributed by atoms with Crippen molar-refractivity contribution >= 4 is 40.9 Å². The zero-order chi connectivity index (χ0) is 25.0. The summed E-state index contributed by atoms with van der Waals surface area (Å²) in [6, 6.07) is 15.0. The van der Waals surface area contributed by atoms with Crippen LogP contribution in [0.2, 0.25) is 0 Å². The highest BCUT2D eigenvalue weighted by molar-refractivity contribution is 6.01. The molecule has 0 aromatic heterocycles. The molecule has 0 unspecified atom stereocenters. The topological polar surface area (TPSA) is 118 Å². The molecule has 0 radical (unpaired) electrons. The van der Waals surface area contributed by atoms with E-state index < -0.39 is 11.9 Å². The maximum atomic E-state index is 11.9. The second kappa shape index (κ2) is 13.0. The van der Waals surface area contributed by atoms with E-state index in [1.54, 1.807) is 43.5 Å². The van der Waals surface area contributed by atoms with E-state index in [0.29, 0.717) is 17.2 Å². The molecule has 3 rings (SSSR count). The minimum atomic E-state index is -0.561. The fourth-order valence-electron chi connectivity index (χ4n) is 3.37. The number of ether oxygens (including phenoxy) is 2. The first-order valence-corrected chi connectivity index (χ1v) is 11.4. The first kappa shape index (κ1) is 25.5. The quantitative estimate of drug-likeness (QED) is 0.273. The average Bonchev–Trinajstić information content (AvgIpc) is 2.85. The van der Waals surface area contributed by atoms with Crippen LogP contribution in [0, 0.1) is 0 Å². The predicted octanol–water partition coefficient (Wildman–Crippen LogP) is 3.37. The summed E-state index contributed by atoms with van der Waals surface area (Å²) in [6.07, 6.45) is 2.91. The number of hydrogen-bond donors (Lipinski definition) is 3. The van der Waals surface area contributed by atoms with Crippen LogP contribution in [-0.4, -0.2) is 51.0 Å². The molecule has 184 valence electrons. The first-order valence-electron chi connectivity index (χ1n) is 11.4. The lowest BCUT2D eigenvalue weighted by Gasteiger charge is -2.28. The molecule has 2 aromatic rings. The number of benzene rings is 2. The molecule has 9 heteroatoms. The number of carbonyl (C=O) groups excluding carboxylic acids is 2. The summed E-state index contributed by atoms with van der Waals surface area (Å²) >= 11 is 0. The maximum Gasteiger partial charge on any atom is 0.315 e. The number of allylic oxidation sites excluding steroid dienone is 1. The van der Waals surface area contributed by atoms with E-state index in [1.165, 1.54) is 0 Å². The van der Waals surface area contributed by atoms with E-state index in [4.69, 9.17) is 15.2 Å². The number of nitrogens with two attached hydrogens (primary N) is 1. The van der Waals surface area contributed by atoms with E-state index in [1.807, 2.05) is 12.1 Å². The van der Waals surface area contributed by atoms with Crippen LogP contribution in [-0.2, 0) is 19.1 Å². The van der Waals surface area contributed by atoms with Gasteiger partial charge in [-0.25, -0.2) is 4.99 Å². The van der Waals surface area contributed by atoms with Gasteiger partial charge in [-0.1, -0.05) is 18.7 Å². The smallest absolute Gasteiger partial charge is 0.315 e. The van der Waals surface area contributed by atoms with Gasteiger partial charge in [-0.05, 0) is 55.0 Å². The minimum absolute atomic E-state index is 0.238. The molecule has 1 amide bonds. The van der Waals surface area contributed by atoms with Crippen LogP contribution in [0.4, 0.5) is 17.1 Å². The summed E-state index contributed by atoms with van der Waals surface area (Å²) in [5.74, 6) is -0.518. The molecular formula is C26H31N5O4. The second-order valence-corrected chi connectivity index (χ2v) is 7.73. The maximum absolute atomic E-state index is 11.9. The molecule has 2 aromatic carbocycles. The third kappa shape index (κ3) is 8.31. The van der Waals surface area contributed by atoms with Crippen molar-refractivity contribution in [3.8, 4) is 0 Å². The van der Waals surface area contributed by atoms with Gasteiger partial charge in [0, 0.05) is 42.1 Å². The summed E-state index contributed by atoms with van der Waals surface area (Å²) in [5.41, 5.74) is 10.00. The Hall–Kier alpha value is -4.11. The van der Waals surface area contributed by atoms with Crippen molar-refractivity contribution in [3.63, 3.8) is 0 Å². The summed E-state index contributed by atoms with van der Waals surface area (Å²) in [4.78, 5) is 29.8. The van der Waals surface area contributed by atoms with Crippen molar-refractivity contribution in [3.05, 3.63) is 72.6 Å². The lowest BCUT2D eigenvalue weighted by Crippen LogP contribution is -2.36. The van der Waals surface area contributed by atoms with Crippen molar-refractivity contribution in [1.82, 2.24) is 0 Å². The normalized spacial score (nSPS) is 14.0. The average molecular weight is 478 g/mol. The third-order valence-electron chi connectivity index (χ3n) is 5.13. The number of anilines is 3. The summed E-state index contributed by atoms with van der Waals surface area (Å²) in [5, 5.41) is 5.80. The molecule has 1 saturated heterocycles. The number of morpholine rings is 1. The number of esters is 1. The monoisotopic (exact) mass is 477 g/mol. The number of rotatable bonds is 10. The lowest BCUT2D eigenvalue weighted by atomic mass is 10.1. The van der Waals surface area contributed by atoms with Gasteiger partial charge in [0.15, 0.2) is 0 Å². The molecule has 35 heavy (non-hydrogen) atoms. The Balaban J connectivity index is 1.48. The zero-order valence-corrected chi connectivity index (χ0v) is 19.8. The van der Waals surface area contributed by atoms with Gasteiger partial charge in [-0.15, -0.1) is 0 Å². The predicted molar refractivity (Wildman–Crippen MR) is 139 cm³/mol. The summed E-state index contributed by atoms with van der Waals surface area (Å²) < 4.78 is 10.2. The lowest BCUT2D eigenvalue weighted by molar-refractivity contribution is -0.145. The van der Waals surface area contributed by atoms with Crippen LogP contribution >= 0.6 is 0 Å². The molecular weight excluding hydrogens is 446 g/mol. The number of carbonyl (C=O) groups is 2. The number of aliphatic imine (C=N–C) groups is 1. The molecule has 0 saturated carbocycles. The van der Waals surface area contributed by atoms with E-state index in [-0.39, 0.29) is 13.0 Å². The summed E-state index contributed by atoms with van der Waals surface area (Å²) in [6.45, 7) is 9.14. The number of nitrogens with zero attached hydrogens (tertiary/aromatic N) is 2. The van der Waals surface area contributed by atoms with Crippen molar-refractivity contribution < 1.29 is 19.1 Å². The van der Waals surface area contributed by atoms with Gasteiger partial charge >= 0.3 is 5.97 Å². The SMILES string of the molecule is C=C(/N=C\C=C(/N)c1ccc(NC(=O)CC(=O)OCC)cc1)Nc1ccc(N2CCOCC2)cc1. The number of hydrogen-bond acceptors (Lipinski definition) is 8. The zero-order valence-electron chi connectivity index (χ0n) is 19.8. The van der Waals surface area contributed by atoms with E-state index in [0.717, 1.165) is 43.2 Å². The number of nitrogens with one attached hydrogen (secondary N) is 2. The Bertz CT molecular complexity index is 1070. The molecule has 1 aliphatic rings. The van der Waals surface area contributed by atoms with Crippen LogP contribution in [0.1, 0.15) is 18.9 Å². The Labute approximate surface area is 205 Å². The Morgan fingerprint density at radius 1 is 1.09 bits per heavy atom. The van der Waals surface area contributed by atoms with Crippen molar-refractivity contribution in [2.75, 3.05) is 48.4 Å². The van der Waals surface area contributed by atoms with E-state index >= 15 is 0 Å². The molecule has 1 heterocycles. The third-order valence-corrected chi connectivity index (χ3v) is 5.13. The van der Waals surface area contributed by atoms with Gasteiger partial charge in [0.25, 0.3) is 0 Å². The van der Waals surface area contributed by atoms with Crippen molar-refractivity contribution in [2.45, 2.75) is 13.3 Å². The summed E-state index contributed by atoms with van der Waals surface area (Å²) in [7, 11) is 0. The van der Waals surface area contributed by atoms with Gasteiger partial charge < -0.3 is 30.7 Å². The van der Waals surface area contributed by atoms with E-state index in [2.05, 4.69) is 39.2 Å². The van der Waals surface area contributed by atoms with Crippen LogP contribution in [0.3, 0.4) is 0 Å². The Morgan fingerprint density at radius 2 is 1.71 bits per heavy atom. The highest BCUT2D eigenvalue weighted by Gasteiger charge is 2.11. The molecule has 0 spiro atoms. The largest absolute Gasteiger partial charge is 0.466 e. The fraction of sp³-hybridized carbons (Fsp3) is 0.269. The van der Waals surface area contributed by atoms with Crippen LogP contribution in [0.5, 0.6) is 0 Å². The van der Waals surface area contributed by atoms with Gasteiger partial charge in [0.2, 0.25) is 5.91 Å². The van der Waals surface area contributed by atoms with Gasteiger partial charge in [0.1, 0.15) is 12.2 Å². The van der Waals surface area contributed by atoms with Gasteiger partial charge in [-0.3, -0.25) is 9.59 Å². The molecule has 1 aliphatic heterocycles. The van der Waals surface area contributed by atoms with Crippen LogP contribution in [0.25, 0.3) is 5.70 Å². The molecule has 0 aliphatic carbocycles. The van der Waals surface area contributed by atoms with Crippen LogP contribution < -0.4 is 21.3 Å². The first-order chi connectivity index (χ1) is 16.9. The Kier molecular flexibility index (Phi) is 9.44. The highest BCUT2D eigenvalue weighted by atomic mass is 16.5. The molecule has 1 fully saturated rings. The molecule has 0 atom stereocenters. The van der Waals surface area contributed by atoms with E-state index in [9.17, 15) is 9.59 Å². The van der Waals surface area contributed by atoms with Crippen molar-refractivity contribution in [1.29, 1.82) is 0 Å². The van der Waals surface area contributed by atoms with Gasteiger partial charge in [0.05, 0.1) is 19.8 Å². The molecule has 0 bridgehead atoms. The highest BCUT2D eigenvalue weighted by Crippen LogP contribution is 2.20. The molecule has 9 nitrogen and oxygen atoms in total. The second-order valence-electron chi connectivity index (χ2n) is 7.73. The molecule has 4 N–H and O–H groups in total.